The zero-order valence-corrected chi connectivity index (χ0v) is 13.0. The van der Waals surface area contributed by atoms with E-state index in [1.54, 1.807) is 58.6 Å². The molecular formula is C17H18O5. The van der Waals surface area contributed by atoms with Crippen LogP contribution in [0.15, 0.2) is 34.8 Å². The average Bonchev–Trinajstić information content (AvgIpc) is 2.98. The third-order valence-corrected chi connectivity index (χ3v) is 3.14. The fourth-order valence-corrected chi connectivity index (χ4v) is 2.00. The molecule has 5 heteroatoms. The van der Waals surface area contributed by atoms with Gasteiger partial charge in [0, 0.05) is 12.1 Å². The summed E-state index contributed by atoms with van der Waals surface area (Å²) < 4.78 is 21.1. The lowest BCUT2D eigenvalue weighted by Gasteiger charge is -2.12. The van der Waals surface area contributed by atoms with Crippen LogP contribution in [0.1, 0.15) is 21.9 Å². The van der Waals surface area contributed by atoms with Gasteiger partial charge >= 0.3 is 0 Å². The minimum Gasteiger partial charge on any atom is -0.496 e. The van der Waals surface area contributed by atoms with Crippen LogP contribution in [0.3, 0.4) is 0 Å². The van der Waals surface area contributed by atoms with Crippen molar-refractivity contribution in [2.24, 2.45) is 0 Å². The van der Waals surface area contributed by atoms with E-state index in [0.29, 0.717) is 34.3 Å². The Morgan fingerprint density at radius 3 is 2.14 bits per heavy atom. The third kappa shape index (κ3) is 3.31. The number of furan rings is 1. The second-order valence-electron chi connectivity index (χ2n) is 4.55. The van der Waals surface area contributed by atoms with Crippen molar-refractivity contribution >= 4 is 11.9 Å². The van der Waals surface area contributed by atoms with Crippen LogP contribution in [-0.4, -0.2) is 27.1 Å². The molecule has 22 heavy (non-hydrogen) atoms. The Balaban J connectivity index is 2.35. The molecule has 0 N–H and O–H groups in total. The van der Waals surface area contributed by atoms with E-state index < -0.39 is 0 Å². The standard InChI is InChI=1S/C17H18O5/c1-11-5-8-15(22-11)14(18)7-6-13-16(20-3)9-12(19-2)10-17(13)21-4/h5-10H,1-4H3/b7-6+. The SMILES string of the molecule is COc1cc(OC)c(/C=C/C(=O)c2ccc(C)o2)c(OC)c1. The topological polar surface area (TPSA) is 57.9 Å². The van der Waals surface area contributed by atoms with Gasteiger partial charge in [0.15, 0.2) is 5.76 Å². The molecule has 0 saturated heterocycles. The summed E-state index contributed by atoms with van der Waals surface area (Å²) in [7, 11) is 4.65. The van der Waals surface area contributed by atoms with Crippen molar-refractivity contribution in [1.29, 1.82) is 0 Å². The summed E-state index contributed by atoms with van der Waals surface area (Å²) in [6.45, 7) is 1.79. The molecule has 2 aromatic rings. The van der Waals surface area contributed by atoms with E-state index in [2.05, 4.69) is 0 Å². The van der Waals surface area contributed by atoms with Gasteiger partial charge in [-0.3, -0.25) is 4.79 Å². The third-order valence-electron chi connectivity index (χ3n) is 3.14. The quantitative estimate of drug-likeness (QED) is 0.603. The predicted octanol–water partition coefficient (Wildman–Crippen LogP) is 3.51. The van der Waals surface area contributed by atoms with E-state index in [-0.39, 0.29) is 5.78 Å². The molecule has 0 atom stereocenters. The van der Waals surface area contributed by atoms with Gasteiger partial charge in [-0.2, -0.15) is 0 Å². The zero-order chi connectivity index (χ0) is 16.1. The molecule has 5 nitrogen and oxygen atoms in total. The number of benzene rings is 1. The second-order valence-corrected chi connectivity index (χ2v) is 4.55. The van der Waals surface area contributed by atoms with Gasteiger partial charge in [-0.1, -0.05) is 0 Å². The summed E-state index contributed by atoms with van der Waals surface area (Å²) in [5, 5.41) is 0. The Hall–Kier alpha value is -2.69. The first-order valence-corrected chi connectivity index (χ1v) is 6.68. The smallest absolute Gasteiger partial charge is 0.221 e. The summed E-state index contributed by atoms with van der Waals surface area (Å²) in [5.74, 6) is 2.47. The molecule has 0 radical (unpaired) electrons. The highest BCUT2D eigenvalue weighted by atomic mass is 16.5. The molecule has 0 unspecified atom stereocenters. The van der Waals surface area contributed by atoms with Gasteiger partial charge in [-0.25, -0.2) is 0 Å². The van der Waals surface area contributed by atoms with Gasteiger partial charge in [0.2, 0.25) is 5.78 Å². The molecule has 1 heterocycles. The molecule has 0 spiro atoms. The Morgan fingerprint density at radius 1 is 1.05 bits per heavy atom. The Labute approximate surface area is 129 Å². The van der Waals surface area contributed by atoms with Crippen molar-refractivity contribution in [3.63, 3.8) is 0 Å². The summed E-state index contributed by atoms with van der Waals surface area (Å²) in [4.78, 5) is 12.1. The summed E-state index contributed by atoms with van der Waals surface area (Å²) in [5.41, 5.74) is 0.655. The van der Waals surface area contributed by atoms with E-state index in [0.717, 1.165) is 0 Å². The summed E-state index contributed by atoms with van der Waals surface area (Å²) >= 11 is 0. The summed E-state index contributed by atoms with van der Waals surface area (Å²) in [6, 6.07) is 6.84. The van der Waals surface area contributed by atoms with Crippen molar-refractivity contribution in [1.82, 2.24) is 0 Å². The number of rotatable bonds is 6. The highest BCUT2D eigenvalue weighted by Gasteiger charge is 2.12. The Morgan fingerprint density at radius 2 is 1.68 bits per heavy atom. The van der Waals surface area contributed by atoms with Crippen LogP contribution < -0.4 is 14.2 Å². The van der Waals surface area contributed by atoms with E-state index in [4.69, 9.17) is 18.6 Å². The molecule has 0 aliphatic carbocycles. The van der Waals surface area contributed by atoms with E-state index >= 15 is 0 Å². The molecule has 1 aromatic heterocycles. The van der Waals surface area contributed by atoms with Crippen LogP contribution >= 0.6 is 0 Å². The maximum Gasteiger partial charge on any atom is 0.221 e. The second kappa shape index (κ2) is 6.85. The maximum atomic E-state index is 12.1. The first-order chi connectivity index (χ1) is 10.6. The molecule has 116 valence electrons. The van der Waals surface area contributed by atoms with Crippen molar-refractivity contribution in [2.75, 3.05) is 21.3 Å². The van der Waals surface area contributed by atoms with Crippen LogP contribution in [0.25, 0.3) is 6.08 Å². The van der Waals surface area contributed by atoms with Crippen molar-refractivity contribution < 1.29 is 23.4 Å². The first kappa shape index (κ1) is 15.7. The van der Waals surface area contributed by atoms with Crippen LogP contribution in [0.2, 0.25) is 0 Å². The molecule has 0 aliphatic rings. The van der Waals surface area contributed by atoms with Gasteiger partial charge in [-0.05, 0) is 31.2 Å². The molecular weight excluding hydrogens is 284 g/mol. The number of aryl methyl sites for hydroxylation is 1. The highest BCUT2D eigenvalue weighted by Crippen LogP contribution is 2.35. The lowest BCUT2D eigenvalue weighted by atomic mass is 10.1. The molecule has 0 aliphatic heterocycles. The van der Waals surface area contributed by atoms with Crippen molar-refractivity contribution in [3.05, 3.63) is 47.4 Å². The van der Waals surface area contributed by atoms with Crippen LogP contribution in [0.5, 0.6) is 17.2 Å². The molecule has 0 fully saturated rings. The Bertz CT molecular complexity index is 672. The molecule has 0 amide bonds. The zero-order valence-electron chi connectivity index (χ0n) is 13.0. The van der Waals surface area contributed by atoms with Crippen molar-refractivity contribution in [2.45, 2.75) is 6.92 Å². The van der Waals surface area contributed by atoms with Crippen LogP contribution in [-0.2, 0) is 0 Å². The van der Waals surface area contributed by atoms with Crippen LogP contribution in [0.4, 0.5) is 0 Å². The van der Waals surface area contributed by atoms with Gasteiger partial charge < -0.3 is 18.6 Å². The molecule has 0 saturated carbocycles. The Kier molecular flexibility index (Phi) is 4.88. The number of hydrogen-bond acceptors (Lipinski definition) is 5. The number of hydrogen-bond donors (Lipinski definition) is 0. The first-order valence-electron chi connectivity index (χ1n) is 6.68. The largest absolute Gasteiger partial charge is 0.496 e. The van der Waals surface area contributed by atoms with Crippen molar-refractivity contribution in [3.8, 4) is 17.2 Å². The number of carbonyl (C=O) groups excluding carboxylic acids is 1. The average molecular weight is 302 g/mol. The van der Waals surface area contributed by atoms with E-state index in [1.807, 2.05) is 0 Å². The van der Waals surface area contributed by atoms with Gasteiger partial charge in [-0.15, -0.1) is 0 Å². The minimum absolute atomic E-state index is 0.229. The van der Waals surface area contributed by atoms with E-state index in [1.165, 1.54) is 6.08 Å². The molecule has 0 bridgehead atoms. The lowest BCUT2D eigenvalue weighted by Crippen LogP contribution is -1.96. The number of allylic oxidation sites excluding steroid dienone is 1. The highest BCUT2D eigenvalue weighted by molar-refractivity contribution is 6.05. The fraction of sp³-hybridized carbons (Fsp3) is 0.235. The van der Waals surface area contributed by atoms with Gasteiger partial charge in [0.1, 0.15) is 23.0 Å². The number of methoxy groups -OCH3 is 3. The molecule has 2 rings (SSSR count). The summed E-state index contributed by atoms with van der Waals surface area (Å²) in [6.07, 6.45) is 3.06. The van der Waals surface area contributed by atoms with Gasteiger partial charge in [0.25, 0.3) is 0 Å². The van der Waals surface area contributed by atoms with Gasteiger partial charge in [0.05, 0.1) is 26.9 Å². The monoisotopic (exact) mass is 302 g/mol. The normalized spacial score (nSPS) is 10.7. The number of ketones is 1. The number of ether oxygens (including phenoxy) is 3. The predicted molar refractivity (Wildman–Crippen MR) is 82.9 cm³/mol. The van der Waals surface area contributed by atoms with E-state index in [9.17, 15) is 4.79 Å². The maximum absolute atomic E-state index is 12.1. The fourth-order valence-electron chi connectivity index (χ4n) is 2.00. The van der Waals surface area contributed by atoms with Crippen LogP contribution in [0, 0.1) is 6.92 Å². The number of carbonyl (C=O) groups is 1. The minimum atomic E-state index is -0.229. The lowest BCUT2D eigenvalue weighted by molar-refractivity contribution is 0.102. The molecule has 1 aromatic carbocycles.